The molecule has 0 aliphatic heterocycles. The van der Waals surface area contributed by atoms with Crippen LogP contribution in [0.2, 0.25) is 0 Å². The third-order valence-electron chi connectivity index (χ3n) is 4.78. The topological polar surface area (TPSA) is 63.6 Å². The zero-order valence-electron chi connectivity index (χ0n) is 17.2. The van der Waals surface area contributed by atoms with Crippen molar-refractivity contribution < 1.29 is 14.6 Å². The molecule has 0 bridgehead atoms. The number of ether oxygens (including phenoxy) is 2. The van der Waals surface area contributed by atoms with E-state index in [4.69, 9.17) is 9.47 Å². The summed E-state index contributed by atoms with van der Waals surface area (Å²) in [5.74, 6) is 1.68. The fourth-order valence-corrected chi connectivity index (χ4v) is 3.30. The molecule has 0 saturated heterocycles. The fourth-order valence-electron chi connectivity index (χ4n) is 3.30. The SMILES string of the molecule is COc1ccc(C(O)CNCc2cc(C)c(OCc3ccccn3)c(C)c2)cc1. The fraction of sp³-hybridized carbons (Fsp3) is 0.292. The first-order chi connectivity index (χ1) is 14.1. The van der Waals surface area contributed by atoms with Gasteiger partial charge in [0, 0.05) is 19.3 Å². The lowest BCUT2D eigenvalue weighted by Gasteiger charge is -2.16. The second-order valence-electron chi connectivity index (χ2n) is 7.09. The second-order valence-corrected chi connectivity index (χ2v) is 7.09. The van der Waals surface area contributed by atoms with E-state index in [-0.39, 0.29) is 0 Å². The second kappa shape index (κ2) is 10.0. The number of hydrogen-bond acceptors (Lipinski definition) is 5. The number of methoxy groups -OCH3 is 1. The lowest BCUT2D eigenvalue weighted by molar-refractivity contribution is 0.174. The van der Waals surface area contributed by atoms with E-state index in [9.17, 15) is 5.11 Å². The van der Waals surface area contributed by atoms with Crippen LogP contribution in [0, 0.1) is 13.8 Å². The molecule has 0 radical (unpaired) electrons. The molecule has 2 N–H and O–H groups in total. The van der Waals surface area contributed by atoms with Crippen LogP contribution in [0.3, 0.4) is 0 Å². The van der Waals surface area contributed by atoms with Gasteiger partial charge in [0.15, 0.2) is 0 Å². The number of hydrogen-bond donors (Lipinski definition) is 2. The monoisotopic (exact) mass is 392 g/mol. The summed E-state index contributed by atoms with van der Waals surface area (Å²) in [4.78, 5) is 4.30. The van der Waals surface area contributed by atoms with Gasteiger partial charge in [-0.2, -0.15) is 0 Å². The number of aliphatic hydroxyl groups is 1. The highest BCUT2D eigenvalue weighted by Crippen LogP contribution is 2.26. The standard InChI is InChI=1S/C24H28N2O3/c1-17-12-19(13-18(2)24(17)29-16-21-6-4-5-11-26-21)14-25-15-23(27)20-7-9-22(28-3)10-8-20/h4-13,23,25,27H,14-16H2,1-3H3. The number of nitrogens with zero attached hydrogens (tertiary/aromatic N) is 1. The maximum Gasteiger partial charge on any atom is 0.130 e. The Labute approximate surface area is 172 Å². The van der Waals surface area contributed by atoms with E-state index in [1.807, 2.05) is 42.5 Å². The quantitative estimate of drug-likeness (QED) is 0.574. The molecule has 0 aliphatic carbocycles. The summed E-state index contributed by atoms with van der Waals surface area (Å²) < 4.78 is 11.1. The number of rotatable bonds is 9. The van der Waals surface area contributed by atoms with Crippen molar-refractivity contribution in [3.8, 4) is 11.5 Å². The molecular weight excluding hydrogens is 364 g/mol. The van der Waals surface area contributed by atoms with Crippen molar-refractivity contribution >= 4 is 0 Å². The van der Waals surface area contributed by atoms with Gasteiger partial charge in [-0.25, -0.2) is 0 Å². The van der Waals surface area contributed by atoms with Crippen LogP contribution >= 0.6 is 0 Å². The van der Waals surface area contributed by atoms with Gasteiger partial charge in [0.05, 0.1) is 18.9 Å². The van der Waals surface area contributed by atoms with Crippen LogP contribution in [-0.2, 0) is 13.2 Å². The van der Waals surface area contributed by atoms with Gasteiger partial charge in [-0.3, -0.25) is 4.98 Å². The number of aliphatic hydroxyl groups excluding tert-OH is 1. The molecule has 3 rings (SSSR count). The van der Waals surface area contributed by atoms with Crippen LogP contribution in [0.5, 0.6) is 11.5 Å². The smallest absolute Gasteiger partial charge is 0.130 e. The molecule has 0 saturated carbocycles. The molecule has 1 aromatic heterocycles. The Hall–Kier alpha value is -2.89. The average molecular weight is 392 g/mol. The minimum atomic E-state index is -0.566. The number of aryl methyl sites for hydroxylation is 2. The number of pyridine rings is 1. The van der Waals surface area contributed by atoms with Gasteiger partial charge in [0.2, 0.25) is 0 Å². The maximum atomic E-state index is 10.4. The van der Waals surface area contributed by atoms with Gasteiger partial charge in [-0.1, -0.05) is 30.3 Å². The van der Waals surface area contributed by atoms with E-state index in [1.54, 1.807) is 13.3 Å². The zero-order valence-corrected chi connectivity index (χ0v) is 17.2. The first kappa shape index (κ1) is 20.8. The molecule has 1 unspecified atom stereocenters. The average Bonchev–Trinajstić information content (AvgIpc) is 2.74. The summed E-state index contributed by atoms with van der Waals surface area (Å²) in [5, 5.41) is 13.7. The molecule has 0 spiro atoms. The van der Waals surface area contributed by atoms with Gasteiger partial charge in [0.25, 0.3) is 0 Å². The highest BCUT2D eigenvalue weighted by atomic mass is 16.5. The van der Waals surface area contributed by atoms with Crippen molar-refractivity contribution in [2.75, 3.05) is 13.7 Å². The zero-order chi connectivity index (χ0) is 20.6. The molecule has 5 nitrogen and oxygen atoms in total. The van der Waals surface area contributed by atoms with E-state index in [0.717, 1.165) is 39.4 Å². The van der Waals surface area contributed by atoms with Gasteiger partial charge >= 0.3 is 0 Å². The lowest BCUT2D eigenvalue weighted by Crippen LogP contribution is -2.21. The molecule has 3 aromatic rings. The van der Waals surface area contributed by atoms with Crippen LogP contribution in [0.25, 0.3) is 0 Å². The highest BCUT2D eigenvalue weighted by Gasteiger charge is 2.10. The molecule has 0 aliphatic rings. The Bertz CT molecular complexity index is 888. The van der Waals surface area contributed by atoms with E-state index < -0.39 is 6.10 Å². The summed E-state index contributed by atoms with van der Waals surface area (Å²) in [7, 11) is 1.63. The van der Waals surface area contributed by atoms with Gasteiger partial charge in [-0.05, 0) is 60.4 Å². The first-order valence-electron chi connectivity index (χ1n) is 9.72. The lowest BCUT2D eigenvalue weighted by atomic mass is 10.1. The van der Waals surface area contributed by atoms with Crippen molar-refractivity contribution in [1.29, 1.82) is 0 Å². The molecule has 0 fully saturated rings. The number of aromatic nitrogens is 1. The molecule has 0 amide bonds. The van der Waals surface area contributed by atoms with Gasteiger partial charge < -0.3 is 19.9 Å². The first-order valence-corrected chi connectivity index (χ1v) is 9.72. The third-order valence-corrected chi connectivity index (χ3v) is 4.78. The normalized spacial score (nSPS) is 11.9. The Morgan fingerprint density at radius 2 is 1.76 bits per heavy atom. The summed E-state index contributed by atoms with van der Waals surface area (Å²) in [6.07, 6.45) is 1.21. The van der Waals surface area contributed by atoms with Crippen molar-refractivity contribution in [1.82, 2.24) is 10.3 Å². The van der Waals surface area contributed by atoms with Crippen LogP contribution < -0.4 is 14.8 Å². The highest BCUT2D eigenvalue weighted by molar-refractivity contribution is 5.43. The molecular formula is C24H28N2O3. The molecule has 2 aromatic carbocycles. The summed E-state index contributed by atoms with van der Waals surface area (Å²) in [6.45, 7) is 5.71. The summed E-state index contributed by atoms with van der Waals surface area (Å²) in [6, 6.07) is 17.5. The van der Waals surface area contributed by atoms with E-state index in [0.29, 0.717) is 19.7 Å². The molecule has 152 valence electrons. The van der Waals surface area contributed by atoms with Crippen molar-refractivity contribution in [2.24, 2.45) is 0 Å². The van der Waals surface area contributed by atoms with Gasteiger partial charge in [-0.15, -0.1) is 0 Å². The predicted molar refractivity (Wildman–Crippen MR) is 114 cm³/mol. The maximum absolute atomic E-state index is 10.4. The van der Waals surface area contributed by atoms with E-state index >= 15 is 0 Å². The van der Waals surface area contributed by atoms with Gasteiger partial charge in [0.1, 0.15) is 18.1 Å². The largest absolute Gasteiger partial charge is 0.497 e. The summed E-state index contributed by atoms with van der Waals surface area (Å²) >= 11 is 0. The molecule has 1 heterocycles. The Kier molecular flexibility index (Phi) is 7.22. The number of benzene rings is 2. The van der Waals surface area contributed by atoms with Crippen molar-refractivity contribution in [3.05, 3.63) is 88.7 Å². The summed E-state index contributed by atoms with van der Waals surface area (Å²) in [5.41, 5.74) is 5.11. The van der Waals surface area contributed by atoms with Crippen molar-refractivity contribution in [3.63, 3.8) is 0 Å². The third kappa shape index (κ3) is 5.79. The van der Waals surface area contributed by atoms with Crippen LogP contribution in [0.4, 0.5) is 0 Å². The Morgan fingerprint density at radius 3 is 2.38 bits per heavy atom. The Balaban J connectivity index is 1.54. The van der Waals surface area contributed by atoms with Crippen molar-refractivity contribution in [2.45, 2.75) is 33.1 Å². The van der Waals surface area contributed by atoms with E-state index in [1.165, 1.54) is 0 Å². The number of nitrogens with one attached hydrogen (secondary N) is 1. The molecule has 29 heavy (non-hydrogen) atoms. The molecule has 1 atom stereocenters. The minimum Gasteiger partial charge on any atom is -0.497 e. The van der Waals surface area contributed by atoms with Crippen LogP contribution in [-0.4, -0.2) is 23.7 Å². The van der Waals surface area contributed by atoms with Crippen LogP contribution in [0.1, 0.15) is 34.1 Å². The van der Waals surface area contributed by atoms with Crippen LogP contribution in [0.15, 0.2) is 60.8 Å². The molecule has 5 heteroatoms. The van der Waals surface area contributed by atoms with E-state index in [2.05, 4.69) is 36.3 Å². The predicted octanol–water partition coefficient (Wildman–Crippen LogP) is 4.11. The Morgan fingerprint density at radius 1 is 1.03 bits per heavy atom. The minimum absolute atomic E-state index is 0.453.